The average molecular weight is 287 g/mol. The van der Waals surface area contributed by atoms with E-state index in [1.165, 1.54) is 12.8 Å². The lowest BCUT2D eigenvalue weighted by Crippen LogP contribution is -2.21. The van der Waals surface area contributed by atoms with Gasteiger partial charge in [-0.15, -0.1) is 0 Å². The summed E-state index contributed by atoms with van der Waals surface area (Å²) in [7, 11) is 3.51. The molecule has 0 aliphatic heterocycles. The zero-order valence-corrected chi connectivity index (χ0v) is 12.5. The van der Waals surface area contributed by atoms with Gasteiger partial charge in [-0.05, 0) is 25.0 Å². The van der Waals surface area contributed by atoms with Crippen LogP contribution in [-0.2, 0) is 7.05 Å². The molecule has 0 amide bonds. The lowest BCUT2D eigenvalue weighted by molar-refractivity contribution is 0.408. The predicted octanol–water partition coefficient (Wildman–Crippen LogP) is 2.42. The van der Waals surface area contributed by atoms with Crippen molar-refractivity contribution in [1.29, 1.82) is 0 Å². The molecular weight excluding hydrogens is 266 g/mol. The minimum atomic E-state index is -0.163. The van der Waals surface area contributed by atoms with Gasteiger partial charge in [0.25, 0.3) is 5.56 Å². The molecule has 0 unspecified atom stereocenters. The molecule has 0 saturated heterocycles. The molecule has 1 aliphatic carbocycles. The van der Waals surface area contributed by atoms with E-state index in [9.17, 15) is 4.79 Å². The predicted molar refractivity (Wildman–Crippen MR) is 83.2 cm³/mol. The largest absolute Gasteiger partial charge is 0.494 e. The van der Waals surface area contributed by atoms with E-state index in [2.05, 4.69) is 0 Å². The highest BCUT2D eigenvalue weighted by molar-refractivity contribution is 5.51. The van der Waals surface area contributed by atoms with E-state index >= 15 is 0 Å². The van der Waals surface area contributed by atoms with Crippen LogP contribution in [0.25, 0.3) is 5.69 Å². The molecule has 21 heavy (non-hydrogen) atoms. The normalized spacial score (nSPS) is 15.5. The summed E-state index contributed by atoms with van der Waals surface area (Å²) in [4.78, 5) is 12.6. The highest BCUT2D eigenvalue weighted by atomic mass is 16.5. The first-order chi connectivity index (χ1) is 10.1. The van der Waals surface area contributed by atoms with Gasteiger partial charge in [0.1, 0.15) is 17.1 Å². The Hall–Kier alpha value is -2.17. The molecule has 0 radical (unpaired) electrons. The number of nitrogens with zero attached hydrogens (tertiary/aromatic N) is 2. The molecule has 1 fully saturated rings. The van der Waals surface area contributed by atoms with Gasteiger partial charge < -0.3 is 10.5 Å². The molecule has 0 bridgehead atoms. The van der Waals surface area contributed by atoms with Gasteiger partial charge in [-0.3, -0.25) is 9.48 Å². The molecule has 1 heterocycles. The van der Waals surface area contributed by atoms with Crippen LogP contribution in [0, 0.1) is 0 Å². The number of hydrogen-bond donors (Lipinski definition) is 1. The zero-order valence-electron chi connectivity index (χ0n) is 12.5. The number of nitrogen functional groups attached to an aromatic ring is 1. The first kappa shape index (κ1) is 13.8. The molecule has 1 aromatic carbocycles. The summed E-state index contributed by atoms with van der Waals surface area (Å²) in [6.45, 7) is 0. The first-order valence-electron chi connectivity index (χ1n) is 7.36. The molecule has 2 aromatic rings. The van der Waals surface area contributed by atoms with Crippen LogP contribution in [-0.4, -0.2) is 16.5 Å². The molecule has 3 rings (SSSR count). The number of anilines is 1. The lowest BCUT2D eigenvalue weighted by atomic mass is 10.0. The smallest absolute Gasteiger partial charge is 0.294 e. The highest BCUT2D eigenvalue weighted by Gasteiger charge is 2.27. The van der Waals surface area contributed by atoms with E-state index in [4.69, 9.17) is 10.5 Å². The molecule has 1 aliphatic rings. The Bertz CT molecular complexity index is 709. The van der Waals surface area contributed by atoms with Gasteiger partial charge >= 0.3 is 0 Å². The van der Waals surface area contributed by atoms with E-state index in [1.807, 2.05) is 36.0 Å². The van der Waals surface area contributed by atoms with Crippen LogP contribution >= 0.6 is 0 Å². The van der Waals surface area contributed by atoms with Gasteiger partial charge in [0, 0.05) is 13.0 Å². The second kappa shape index (κ2) is 5.31. The Morgan fingerprint density at radius 2 is 1.90 bits per heavy atom. The maximum absolute atomic E-state index is 12.6. The second-order valence-corrected chi connectivity index (χ2v) is 5.59. The fraction of sp³-hybridized carbons (Fsp3) is 0.438. The average Bonchev–Trinajstić information content (AvgIpc) is 3.08. The first-order valence-corrected chi connectivity index (χ1v) is 7.36. The second-order valence-electron chi connectivity index (χ2n) is 5.59. The van der Waals surface area contributed by atoms with E-state index in [1.54, 1.807) is 11.8 Å². The van der Waals surface area contributed by atoms with Crippen molar-refractivity contribution in [3.8, 4) is 11.4 Å². The van der Waals surface area contributed by atoms with Crippen molar-refractivity contribution >= 4 is 5.69 Å². The SMILES string of the molecule is COc1ccccc1-n1c(=O)c(N)c(C2CCCC2)n1C. The van der Waals surface area contributed by atoms with Crippen LogP contribution in [0.15, 0.2) is 29.1 Å². The van der Waals surface area contributed by atoms with E-state index in [-0.39, 0.29) is 5.56 Å². The van der Waals surface area contributed by atoms with E-state index < -0.39 is 0 Å². The van der Waals surface area contributed by atoms with Gasteiger partial charge in [-0.2, -0.15) is 0 Å². The van der Waals surface area contributed by atoms with Crippen molar-refractivity contribution in [1.82, 2.24) is 9.36 Å². The summed E-state index contributed by atoms with van der Waals surface area (Å²) in [6, 6.07) is 7.50. The number of para-hydroxylation sites is 2. The van der Waals surface area contributed by atoms with Crippen molar-refractivity contribution in [3.05, 3.63) is 40.3 Å². The standard InChI is InChI=1S/C16H21N3O2/c1-18-15(11-7-3-4-8-11)14(17)16(20)19(18)12-9-5-6-10-13(12)21-2/h5-6,9-11H,3-4,7-8,17H2,1-2H3. The molecule has 1 aromatic heterocycles. The van der Waals surface area contributed by atoms with Crippen LogP contribution in [0.5, 0.6) is 5.75 Å². The van der Waals surface area contributed by atoms with Gasteiger partial charge in [0.05, 0.1) is 12.8 Å². The lowest BCUT2D eigenvalue weighted by Gasteiger charge is -2.15. The molecule has 5 heteroatoms. The summed E-state index contributed by atoms with van der Waals surface area (Å²) in [5.74, 6) is 1.05. The molecule has 2 N–H and O–H groups in total. The number of rotatable bonds is 3. The van der Waals surface area contributed by atoms with Gasteiger partial charge in [-0.1, -0.05) is 25.0 Å². The van der Waals surface area contributed by atoms with Crippen LogP contribution < -0.4 is 16.0 Å². The Morgan fingerprint density at radius 1 is 1.24 bits per heavy atom. The Morgan fingerprint density at radius 3 is 2.57 bits per heavy atom. The third-order valence-electron chi connectivity index (χ3n) is 4.40. The quantitative estimate of drug-likeness (QED) is 0.943. The Labute approximate surface area is 123 Å². The topological polar surface area (TPSA) is 62.2 Å². The molecule has 0 atom stereocenters. The number of ether oxygens (including phenoxy) is 1. The van der Waals surface area contributed by atoms with Crippen LogP contribution in [0.3, 0.4) is 0 Å². The maximum atomic E-state index is 12.6. The van der Waals surface area contributed by atoms with Gasteiger partial charge in [0.15, 0.2) is 0 Å². The fourth-order valence-electron chi connectivity index (χ4n) is 3.40. The minimum Gasteiger partial charge on any atom is -0.494 e. The molecular formula is C16H21N3O2. The van der Waals surface area contributed by atoms with Gasteiger partial charge in [-0.25, -0.2) is 4.68 Å². The zero-order chi connectivity index (χ0) is 15.0. The van der Waals surface area contributed by atoms with Crippen molar-refractivity contribution in [2.75, 3.05) is 12.8 Å². The number of hydrogen-bond acceptors (Lipinski definition) is 3. The van der Waals surface area contributed by atoms with Crippen molar-refractivity contribution < 1.29 is 4.74 Å². The van der Waals surface area contributed by atoms with Crippen molar-refractivity contribution in [2.24, 2.45) is 7.05 Å². The summed E-state index contributed by atoms with van der Waals surface area (Å²) >= 11 is 0. The molecule has 5 nitrogen and oxygen atoms in total. The summed E-state index contributed by atoms with van der Waals surface area (Å²) in [6.07, 6.45) is 4.62. The molecule has 1 saturated carbocycles. The van der Waals surface area contributed by atoms with Crippen LogP contribution in [0.2, 0.25) is 0 Å². The number of nitrogens with two attached hydrogens (primary N) is 1. The molecule has 0 spiro atoms. The monoisotopic (exact) mass is 287 g/mol. The molecule has 112 valence electrons. The van der Waals surface area contributed by atoms with E-state index in [0.717, 1.165) is 24.2 Å². The minimum absolute atomic E-state index is 0.163. The Kier molecular flexibility index (Phi) is 3.49. The number of aromatic nitrogens is 2. The van der Waals surface area contributed by atoms with Crippen molar-refractivity contribution in [2.45, 2.75) is 31.6 Å². The number of benzene rings is 1. The third kappa shape index (κ3) is 2.13. The highest BCUT2D eigenvalue weighted by Crippen LogP contribution is 2.36. The van der Waals surface area contributed by atoms with Crippen LogP contribution in [0.1, 0.15) is 37.3 Å². The maximum Gasteiger partial charge on any atom is 0.294 e. The Balaban J connectivity index is 2.20. The summed E-state index contributed by atoms with van der Waals surface area (Å²) in [5.41, 5.74) is 8.01. The van der Waals surface area contributed by atoms with E-state index in [0.29, 0.717) is 17.4 Å². The van der Waals surface area contributed by atoms with Gasteiger partial charge in [0.2, 0.25) is 0 Å². The van der Waals surface area contributed by atoms with Crippen molar-refractivity contribution in [3.63, 3.8) is 0 Å². The number of methoxy groups -OCH3 is 1. The summed E-state index contributed by atoms with van der Waals surface area (Å²) < 4.78 is 8.88. The van der Waals surface area contributed by atoms with Crippen LogP contribution in [0.4, 0.5) is 5.69 Å². The third-order valence-corrected chi connectivity index (χ3v) is 4.40. The fourth-order valence-corrected chi connectivity index (χ4v) is 3.40. The summed E-state index contributed by atoms with van der Waals surface area (Å²) in [5, 5.41) is 0.